The van der Waals surface area contributed by atoms with Gasteiger partial charge in [0.25, 0.3) is 0 Å². The first kappa shape index (κ1) is 15.2. The molecule has 0 saturated heterocycles. The third kappa shape index (κ3) is 3.11. The van der Waals surface area contributed by atoms with Crippen molar-refractivity contribution in [2.24, 2.45) is 0 Å². The molecule has 19 heavy (non-hydrogen) atoms. The number of anilines is 2. The summed E-state index contributed by atoms with van der Waals surface area (Å²) in [4.78, 5) is 11.1. The zero-order chi connectivity index (χ0) is 14.8. The fraction of sp³-hybridized carbons (Fsp3) is 0.300. The van der Waals surface area contributed by atoms with Crippen molar-refractivity contribution in [3.8, 4) is 0 Å². The van der Waals surface area contributed by atoms with Crippen molar-refractivity contribution in [2.75, 3.05) is 17.6 Å². The van der Waals surface area contributed by atoms with E-state index in [0.717, 1.165) is 26.2 Å². The second kappa shape index (κ2) is 5.39. The highest BCUT2D eigenvalue weighted by Gasteiger charge is 2.30. The Bertz CT molecular complexity index is 604. The summed E-state index contributed by atoms with van der Waals surface area (Å²) in [6, 6.07) is 1.76. The van der Waals surface area contributed by atoms with Crippen LogP contribution < -0.4 is 10.5 Å². The van der Waals surface area contributed by atoms with Crippen LogP contribution in [0.4, 0.5) is 20.2 Å². The zero-order valence-corrected chi connectivity index (χ0v) is 10.9. The van der Waals surface area contributed by atoms with E-state index in [1.165, 1.54) is 0 Å². The van der Waals surface area contributed by atoms with Crippen LogP contribution in [-0.4, -0.2) is 26.7 Å². The summed E-state index contributed by atoms with van der Waals surface area (Å²) in [5, 5.41) is -1.60. The quantitative estimate of drug-likeness (QED) is 0.633. The first-order valence-corrected chi connectivity index (χ1v) is 6.58. The summed E-state index contributed by atoms with van der Waals surface area (Å²) in [6.07, 6.45) is 0. The van der Waals surface area contributed by atoms with E-state index in [1.54, 1.807) is 4.72 Å². The molecule has 1 atom stereocenters. The molecule has 106 valence electrons. The summed E-state index contributed by atoms with van der Waals surface area (Å²) in [7, 11) is -3.29. The molecule has 0 saturated carbocycles. The Kier molecular flexibility index (Phi) is 4.30. The van der Waals surface area contributed by atoms with Crippen molar-refractivity contribution >= 4 is 27.4 Å². The molecule has 0 aliphatic carbocycles. The maximum atomic E-state index is 13.4. The summed E-state index contributed by atoms with van der Waals surface area (Å²) < 4.78 is 56.0. The molecule has 9 heteroatoms. The number of carbonyl (C=O) groups excluding carboxylic acids is 1. The molecule has 0 heterocycles. The molecule has 0 bridgehead atoms. The first-order chi connectivity index (χ1) is 8.70. The molecule has 1 aromatic rings. The Hall–Kier alpha value is -1.90. The number of esters is 1. The Balaban J connectivity index is 3.16. The second-order valence-corrected chi connectivity index (χ2v) is 5.64. The lowest BCUT2D eigenvalue weighted by atomic mass is 10.2. The number of sulfonamides is 1. The maximum Gasteiger partial charge on any atom is 0.325 e. The molecule has 0 aliphatic rings. The molecule has 6 nitrogen and oxygen atoms in total. The normalized spacial score (nSPS) is 12.8. The van der Waals surface area contributed by atoms with Gasteiger partial charge in [0.2, 0.25) is 10.0 Å². The summed E-state index contributed by atoms with van der Waals surface area (Å²) in [6.45, 7) is 1.04. The van der Waals surface area contributed by atoms with Crippen molar-refractivity contribution in [3.63, 3.8) is 0 Å². The van der Waals surface area contributed by atoms with Gasteiger partial charge < -0.3 is 10.5 Å². The molecular formula is C10H12F2N2O4S. The Morgan fingerprint density at radius 2 is 2.00 bits per heavy atom. The Morgan fingerprint density at radius 1 is 1.42 bits per heavy atom. The highest BCUT2D eigenvalue weighted by molar-refractivity contribution is 7.94. The van der Waals surface area contributed by atoms with Gasteiger partial charge in [-0.15, -0.1) is 0 Å². The fourth-order valence-corrected chi connectivity index (χ4v) is 2.21. The van der Waals surface area contributed by atoms with E-state index in [1.807, 2.05) is 0 Å². The number of ether oxygens (including phenoxy) is 1. The van der Waals surface area contributed by atoms with E-state index in [-0.39, 0.29) is 5.69 Å². The van der Waals surface area contributed by atoms with Crippen molar-refractivity contribution in [3.05, 3.63) is 23.8 Å². The average molecular weight is 294 g/mol. The van der Waals surface area contributed by atoms with E-state index in [4.69, 9.17) is 5.73 Å². The molecule has 0 aromatic heterocycles. The lowest BCUT2D eigenvalue weighted by molar-refractivity contribution is -0.139. The van der Waals surface area contributed by atoms with Gasteiger partial charge >= 0.3 is 5.97 Å². The van der Waals surface area contributed by atoms with Crippen molar-refractivity contribution in [1.82, 2.24) is 0 Å². The van der Waals surface area contributed by atoms with Crippen molar-refractivity contribution < 1.29 is 26.7 Å². The molecule has 1 aromatic carbocycles. The maximum absolute atomic E-state index is 13.4. The van der Waals surface area contributed by atoms with Crippen LogP contribution in [0.1, 0.15) is 6.92 Å². The summed E-state index contributed by atoms with van der Waals surface area (Å²) in [5.74, 6) is -3.75. The smallest absolute Gasteiger partial charge is 0.325 e. The first-order valence-electron chi connectivity index (χ1n) is 5.03. The van der Waals surface area contributed by atoms with Crippen molar-refractivity contribution in [1.29, 1.82) is 0 Å². The van der Waals surface area contributed by atoms with Crippen LogP contribution in [0, 0.1) is 11.6 Å². The molecule has 0 aliphatic heterocycles. The van der Waals surface area contributed by atoms with Gasteiger partial charge in [-0.3, -0.25) is 9.52 Å². The van der Waals surface area contributed by atoms with E-state index >= 15 is 0 Å². The monoisotopic (exact) mass is 294 g/mol. The molecule has 0 radical (unpaired) electrons. The van der Waals surface area contributed by atoms with Gasteiger partial charge in [-0.2, -0.15) is 0 Å². The fourth-order valence-electron chi connectivity index (χ4n) is 1.19. The van der Waals surface area contributed by atoms with Gasteiger partial charge in [0.1, 0.15) is 5.69 Å². The van der Waals surface area contributed by atoms with Crippen molar-refractivity contribution in [2.45, 2.75) is 12.2 Å². The largest absolute Gasteiger partial charge is 0.468 e. The van der Waals surface area contributed by atoms with Gasteiger partial charge in [0.15, 0.2) is 16.9 Å². The van der Waals surface area contributed by atoms with Crippen LogP contribution in [0.3, 0.4) is 0 Å². The van der Waals surface area contributed by atoms with Gasteiger partial charge in [-0.25, -0.2) is 17.2 Å². The van der Waals surface area contributed by atoms with E-state index < -0.39 is 38.6 Å². The Labute approximate surface area is 108 Å². The SMILES string of the molecule is COC(=O)C(C)S(=O)(=O)Nc1c(N)ccc(F)c1F. The lowest BCUT2D eigenvalue weighted by Gasteiger charge is -2.15. The van der Waals surface area contributed by atoms with E-state index in [0.29, 0.717) is 0 Å². The number of nitrogens with one attached hydrogen (secondary N) is 1. The summed E-state index contributed by atoms with van der Waals surface area (Å²) >= 11 is 0. The predicted octanol–water partition coefficient (Wildman–Crippen LogP) is 0.850. The number of nitrogens with two attached hydrogens (primary N) is 1. The summed E-state index contributed by atoms with van der Waals surface area (Å²) in [5.41, 5.74) is 4.31. The third-order valence-corrected chi connectivity index (χ3v) is 3.98. The number of benzene rings is 1. The van der Waals surface area contributed by atoms with Crippen LogP contribution in [0.15, 0.2) is 12.1 Å². The number of halogens is 2. The number of carbonyl (C=O) groups is 1. The van der Waals surface area contributed by atoms with Crippen LogP contribution >= 0.6 is 0 Å². The predicted molar refractivity (Wildman–Crippen MR) is 64.8 cm³/mol. The lowest BCUT2D eigenvalue weighted by Crippen LogP contribution is -2.33. The number of hydrogen-bond acceptors (Lipinski definition) is 5. The molecule has 0 fully saturated rings. The van der Waals surface area contributed by atoms with E-state index in [9.17, 15) is 22.0 Å². The third-order valence-electron chi connectivity index (χ3n) is 2.37. The molecule has 0 amide bonds. The molecule has 0 spiro atoms. The van der Waals surface area contributed by atoms with Crippen LogP contribution in [0.2, 0.25) is 0 Å². The van der Waals surface area contributed by atoms with Crippen LogP contribution in [0.5, 0.6) is 0 Å². The minimum absolute atomic E-state index is 0.306. The van der Waals surface area contributed by atoms with Crippen LogP contribution in [-0.2, 0) is 19.6 Å². The average Bonchev–Trinajstić information content (AvgIpc) is 2.37. The minimum Gasteiger partial charge on any atom is -0.468 e. The molecule has 1 rings (SSSR count). The zero-order valence-electron chi connectivity index (χ0n) is 10.1. The number of hydrogen-bond donors (Lipinski definition) is 2. The molecular weight excluding hydrogens is 282 g/mol. The van der Waals surface area contributed by atoms with Gasteiger partial charge in [-0.1, -0.05) is 0 Å². The minimum atomic E-state index is -4.30. The number of rotatable bonds is 4. The molecule has 3 N–H and O–H groups in total. The number of methoxy groups -OCH3 is 1. The molecule has 1 unspecified atom stereocenters. The van der Waals surface area contributed by atoms with Gasteiger partial charge in [0, 0.05) is 0 Å². The topological polar surface area (TPSA) is 98.5 Å². The van der Waals surface area contributed by atoms with E-state index in [2.05, 4.69) is 4.74 Å². The highest BCUT2D eigenvalue weighted by Crippen LogP contribution is 2.26. The number of nitrogen functional groups attached to an aromatic ring is 1. The standard InChI is InChI=1S/C10H12F2N2O4S/c1-5(10(15)18-2)19(16,17)14-9-7(13)4-3-6(11)8(9)12/h3-5,14H,13H2,1-2H3. The van der Waals surface area contributed by atoms with Gasteiger partial charge in [-0.05, 0) is 19.1 Å². The highest BCUT2D eigenvalue weighted by atomic mass is 32.2. The van der Waals surface area contributed by atoms with Crippen LogP contribution in [0.25, 0.3) is 0 Å². The second-order valence-electron chi connectivity index (χ2n) is 3.64. The van der Waals surface area contributed by atoms with Gasteiger partial charge in [0.05, 0.1) is 12.8 Å². The Morgan fingerprint density at radius 3 is 2.53 bits per heavy atom.